The molecule has 1 aromatic rings. The predicted octanol–water partition coefficient (Wildman–Crippen LogP) is 2.77. The van der Waals surface area contributed by atoms with E-state index < -0.39 is 27.6 Å². The van der Waals surface area contributed by atoms with Crippen molar-refractivity contribution in [1.82, 2.24) is 4.90 Å². The van der Waals surface area contributed by atoms with Crippen molar-refractivity contribution in [2.24, 2.45) is 0 Å². The highest BCUT2D eigenvalue weighted by Gasteiger charge is 2.34. The lowest BCUT2D eigenvalue weighted by molar-refractivity contribution is -0.137. The van der Waals surface area contributed by atoms with E-state index in [2.05, 4.69) is 0 Å². The summed E-state index contributed by atoms with van der Waals surface area (Å²) in [7, 11) is -1.68. The lowest BCUT2D eigenvalue weighted by Crippen LogP contribution is -2.42. The van der Waals surface area contributed by atoms with Gasteiger partial charge in [0.2, 0.25) is 5.91 Å². The van der Waals surface area contributed by atoms with Crippen LogP contribution in [0.1, 0.15) is 24.5 Å². The second-order valence-corrected chi connectivity index (χ2v) is 8.71. The summed E-state index contributed by atoms with van der Waals surface area (Å²) in [5.74, 6) is -0.433. The number of amides is 1. The van der Waals surface area contributed by atoms with Gasteiger partial charge < -0.3 is 9.64 Å². The molecule has 1 saturated heterocycles. The van der Waals surface area contributed by atoms with Gasteiger partial charge in [-0.05, 0) is 36.6 Å². The van der Waals surface area contributed by atoms with Crippen LogP contribution >= 0.6 is 0 Å². The number of nitrogens with zero attached hydrogens (tertiary/aromatic N) is 1. The summed E-state index contributed by atoms with van der Waals surface area (Å²) in [4.78, 5) is 14.1. The molecule has 0 aromatic heterocycles. The minimum atomic E-state index is -4.42. The first-order chi connectivity index (χ1) is 12.5. The SMILES string of the molecule is COCCN(C(=O)C=C(C)c1ccc(C(F)(F)F)cc1)C1CCS(=O)(=O)C1. The lowest BCUT2D eigenvalue weighted by Gasteiger charge is -2.27. The molecule has 27 heavy (non-hydrogen) atoms. The molecule has 150 valence electrons. The predicted molar refractivity (Wildman–Crippen MR) is 95.7 cm³/mol. The Kier molecular flexibility index (Phi) is 6.69. The van der Waals surface area contributed by atoms with Crippen molar-refractivity contribution in [3.8, 4) is 0 Å². The number of carbonyl (C=O) groups excluding carboxylic acids is 1. The second-order valence-electron chi connectivity index (χ2n) is 6.48. The zero-order valence-corrected chi connectivity index (χ0v) is 15.9. The minimum Gasteiger partial charge on any atom is -0.383 e. The van der Waals surface area contributed by atoms with Gasteiger partial charge in [-0.3, -0.25) is 4.79 Å². The molecule has 9 heteroatoms. The monoisotopic (exact) mass is 405 g/mol. The van der Waals surface area contributed by atoms with Crippen molar-refractivity contribution in [3.63, 3.8) is 0 Å². The van der Waals surface area contributed by atoms with Crippen LogP contribution in [0.25, 0.3) is 5.57 Å². The fraction of sp³-hybridized carbons (Fsp3) is 0.500. The molecule has 0 N–H and O–H groups in total. The fourth-order valence-corrected chi connectivity index (χ4v) is 4.69. The Morgan fingerprint density at radius 2 is 1.93 bits per heavy atom. The molecule has 0 spiro atoms. The van der Waals surface area contributed by atoms with E-state index in [0.29, 0.717) is 17.6 Å². The van der Waals surface area contributed by atoms with Gasteiger partial charge in [0.05, 0.1) is 23.7 Å². The van der Waals surface area contributed by atoms with Crippen molar-refractivity contribution in [3.05, 3.63) is 41.5 Å². The van der Waals surface area contributed by atoms with Crippen LogP contribution < -0.4 is 0 Å². The largest absolute Gasteiger partial charge is 0.416 e. The molecule has 2 rings (SSSR count). The number of carbonyl (C=O) groups is 1. The van der Waals surface area contributed by atoms with Gasteiger partial charge in [-0.1, -0.05) is 12.1 Å². The van der Waals surface area contributed by atoms with Crippen LogP contribution in [0.2, 0.25) is 0 Å². The molecule has 1 aliphatic rings. The second kappa shape index (κ2) is 8.43. The molecule has 1 fully saturated rings. The summed E-state index contributed by atoms with van der Waals surface area (Å²) in [5, 5.41) is 0. The van der Waals surface area contributed by atoms with E-state index in [9.17, 15) is 26.4 Å². The number of hydrogen-bond acceptors (Lipinski definition) is 4. The van der Waals surface area contributed by atoms with Crippen molar-refractivity contribution in [2.45, 2.75) is 25.6 Å². The quantitative estimate of drug-likeness (QED) is 0.683. The average Bonchev–Trinajstić information content (AvgIpc) is 2.94. The molecule has 1 aliphatic heterocycles. The van der Waals surface area contributed by atoms with E-state index in [1.54, 1.807) is 6.92 Å². The number of rotatable bonds is 6. The summed E-state index contributed by atoms with van der Waals surface area (Å²) < 4.78 is 66.4. The van der Waals surface area contributed by atoms with E-state index in [4.69, 9.17) is 4.74 Å². The third kappa shape index (κ3) is 5.80. The number of benzene rings is 1. The lowest BCUT2D eigenvalue weighted by atomic mass is 10.0. The van der Waals surface area contributed by atoms with Crippen molar-refractivity contribution in [2.75, 3.05) is 31.8 Å². The Hall–Kier alpha value is -1.87. The first-order valence-electron chi connectivity index (χ1n) is 8.39. The molecule has 5 nitrogen and oxygen atoms in total. The van der Waals surface area contributed by atoms with Crippen molar-refractivity contribution in [1.29, 1.82) is 0 Å². The standard InChI is InChI=1S/C18H22F3NO4S/c1-13(14-3-5-15(6-4-14)18(19,20)21)11-17(23)22(8-9-26-2)16-7-10-27(24,25)12-16/h3-6,11,16H,7-10,12H2,1-2H3. The number of methoxy groups -OCH3 is 1. The molecule has 1 unspecified atom stereocenters. The number of ether oxygens (including phenoxy) is 1. The minimum absolute atomic E-state index is 0.0377. The Bertz CT molecular complexity index is 801. The van der Waals surface area contributed by atoms with Gasteiger partial charge in [0, 0.05) is 25.8 Å². The molecule has 1 amide bonds. The molecule has 1 atom stereocenters. The van der Waals surface area contributed by atoms with Crippen LogP contribution in [0.4, 0.5) is 13.2 Å². The summed E-state index contributed by atoms with van der Waals surface area (Å²) in [6.45, 7) is 2.13. The number of hydrogen-bond donors (Lipinski definition) is 0. The topological polar surface area (TPSA) is 63.7 Å². The van der Waals surface area contributed by atoms with Gasteiger partial charge in [0.15, 0.2) is 9.84 Å². The first-order valence-corrected chi connectivity index (χ1v) is 10.2. The smallest absolute Gasteiger partial charge is 0.383 e. The third-order valence-electron chi connectivity index (χ3n) is 4.48. The Morgan fingerprint density at radius 3 is 2.41 bits per heavy atom. The van der Waals surface area contributed by atoms with Gasteiger partial charge in [0.25, 0.3) is 0 Å². The van der Waals surface area contributed by atoms with Crippen molar-refractivity contribution >= 4 is 21.3 Å². The molecule has 0 saturated carbocycles. The highest BCUT2D eigenvalue weighted by molar-refractivity contribution is 7.91. The maximum Gasteiger partial charge on any atom is 0.416 e. The van der Waals surface area contributed by atoms with Crippen LogP contribution in [0, 0.1) is 0 Å². The highest BCUT2D eigenvalue weighted by Crippen LogP contribution is 2.30. The van der Waals surface area contributed by atoms with Gasteiger partial charge in [-0.2, -0.15) is 13.2 Å². The van der Waals surface area contributed by atoms with Gasteiger partial charge in [-0.15, -0.1) is 0 Å². The van der Waals surface area contributed by atoms with Crippen LogP contribution in [0.15, 0.2) is 30.3 Å². The zero-order valence-electron chi connectivity index (χ0n) is 15.1. The summed E-state index contributed by atoms with van der Waals surface area (Å²) in [6.07, 6.45) is -2.73. The van der Waals surface area contributed by atoms with E-state index in [-0.39, 0.29) is 30.6 Å². The van der Waals surface area contributed by atoms with Crippen molar-refractivity contribution < 1.29 is 31.1 Å². The number of allylic oxidation sites excluding steroid dienone is 1. The normalized spacial score (nSPS) is 19.9. The number of alkyl halides is 3. The van der Waals surface area contributed by atoms with Crippen LogP contribution in [-0.2, 0) is 25.5 Å². The molecule has 0 aliphatic carbocycles. The maximum absolute atomic E-state index is 12.7. The molecular weight excluding hydrogens is 383 g/mol. The fourth-order valence-electron chi connectivity index (χ4n) is 2.96. The summed E-state index contributed by atoms with van der Waals surface area (Å²) in [5.41, 5.74) is 0.224. The van der Waals surface area contributed by atoms with Gasteiger partial charge in [-0.25, -0.2) is 8.42 Å². The molecule has 0 bridgehead atoms. The van der Waals surface area contributed by atoms with Gasteiger partial charge in [0.1, 0.15) is 0 Å². The third-order valence-corrected chi connectivity index (χ3v) is 6.23. The molecule has 1 heterocycles. The highest BCUT2D eigenvalue weighted by atomic mass is 32.2. The molecule has 1 aromatic carbocycles. The number of sulfone groups is 1. The van der Waals surface area contributed by atoms with E-state index >= 15 is 0 Å². The van der Waals surface area contributed by atoms with Crippen LogP contribution in [0.3, 0.4) is 0 Å². The first kappa shape index (κ1) is 21.4. The summed E-state index contributed by atoms with van der Waals surface area (Å²) in [6, 6.07) is 4.12. The summed E-state index contributed by atoms with van der Waals surface area (Å²) >= 11 is 0. The Morgan fingerprint density at radius 1 is 1.30 bits per heavy atom. The Labute approximate surface area is 156 Å². The Balaban J connectivity index is 2.19. The average molecular weight is 405 g/mol. The number of halogens is 3. The van der Waals surface area contributed by atoms with E-state index in [0.717, 1.165) is 12.1 Å². The zero-order chi connectivity index (χ0) is 20.2. The van der Waals surface area contributed by atoms with Crippen LogP contribution in [-0.4, -0.2) is 57.0 Å². The maximum atomic E-state index is 12.7. The molecule has 0 radical (unpaired) electrons. The van der Waals surface area contributed by atoms with Crippen LogP contribution in [0.5, 0.6) is 0 Å². The van der Waals surface area contributed by atoms with E-state index in [1.165, 1.54) is 30.2 Å². The van der Waals surface area contributed by atoms with E-state index in [1.807, 2.05) is 0 Å². The molecular formula is C18H22F3NO4S. The van der Waals surface area contributed by atoms with Gasteiger partial charge >= 0.3 is 6.18 Å².